The maximum Gasteiger partial charge on any atom is 0.290 e. The fourth-order valence-corrected chi connectivity index (χ4v) is 3.36. The van der Waals surface area contributed by atoms with E-state index in [9.17, 15) is 9.90 Å². The van der Waals surface area contributed by atoms with Crippen molar-refractivity contribution in [3.05, 3.63) is 29.0 Å². The largest absolute Gasteiger partial charge is 0.493 e. The van der Waals surface area contributed by atoms with Crippen LogP contribution in [0.5, 0.6) is 5.75 Å². The van der Waals surface area contributed by atoms with Gasteiger partial charge in [0.05, 0.1) is 13.2 Å². The third-order valence-electron chi connectivity index (χ3n) is 4.67. The Labute approximate surface area is 135 Å². The molecule has 1 aliphatic heterocycles. The first-order valence-electron chi connectivity index (χ1n) is 7.99. The average Bonchev–Trinajstić information content (AvgIpc) is 2.83. The minimum absolute atomic E-state index is 0.00231. The summed E-state index contributed by atoms with van der Waals surface area (Å²) in [6.07, 6.45) is 0.888. The number of hydrogen-bond donors (Lipinski definition) is 1. The third-order valence-corrected chi connectivity index (χ3v) is 4.67. The number of aryl methyl sites for hydroxylation is 2. The molecule has 124 valence electrons. The highest BCUT2D eigenvalue weighted by molar-refractivity contribution is 6.00. The number of rotatable bonds is 2. The van der Waals surface area contributed by atoms with Crippen molar-refractivity contribution in [3.8, 4) is 5.75 Å². The van der Waals surface area contributed by atoms with Crippen molar-refractivity contribution in [2.45, 2.75) is 45.8 Å². The highest BCUT2D eigenvalue weighted by Gasteiger charge is 2.31. The van der Waals surface area contributed by atoms with Gasteiger partial charge in [0.15, 0.2) is 17.1 Å². The number of methoxy groups -OCH3 is 1. The van der Waals surface area contributed by atoms with Crippen LogP contribution in [-0.2, 0) is 0 Å². The molecule has 1 amide bonds. The summed E-state index contributed by atoms with van der Waals surface area (Å²) in [5.74, 6) is 0.897. The lowest BCUT2D eigenvalue weighted by molar-refractivity contribution is 0.0342. The van der Waals surface area contributed by atoms with Gasteiger partial charge in [-0.15, -0.1) is 0 Å². The summed E-state index contributed by atoms with van der Waals surface area (Å²) >= 11 is 0. The highest BCUT2D eigenvalue weighted by atomic mass is 16.5. The number of piperidine rings is 1. The quantitative estimate of drug-likeness (QED) is 0.925. The molecule has 3 rings (SSSR count). The van der Waals surface area contributed by atoms with Gasteiger partial charge in [0.25, 0.3) is 5.91 Å². The van der Waals surface area contributed by atoms with E-state index in [1.165, 1.54) is 0 Å². The summed E-state index contributed by atoms with van der Waals surface area (Å²) in [6, 6.07) is 3.92. The molecule has 0 unspecified atom stereocenters. The smallest absolute Gasteiger partial charge is 0.290 e. The number of nitrogens with zero attached hydrogens (tertiary/aromatic N) is 1. The highest BCUT2D eigenvalue weighted by Crippen LogP contribution is 2.35. The Bertz CT molecular complexity index is 749. The summed E-state index contributed by atoms with van der Waals surface area (Å²) in [5.41, 5.74) is 2.51. The maximum atomic E-state index is 12.9. The molecule has 0 spiro atoms. The van der Waals surface area contributed by atoms with Crippen LogP contribution in [-0.4, -0.2) is 41.7 Å². The van der Waals surface area contributed by atoms with Crippen molar-refractivity contribution in [1.82, 2.24) is 4.90 Å². The van der Waals surface area contributed by atoms with E-state index in [4.69, 9.17) is 9.15 Å². The lowest BCUT2D eigenvalue weighted by atomic mass is 10.00. The van der Waals surface area contributed by atoms with Crippen LogP contribution < -0.4 is 4.74 Å². The first kappa shape index (κ1) is 15.9. The molecule has 1 saturated heterocycles. The number of aliphatic hydroxyl groups is 1. The molecule has 5 heteroatoms. The van der Waals surface area contributed by atoms with Gasteiger partial charge in [0.2, 0.25) is 0 Å². The molecule has 2 atom stereocenters. The van der Waals surface area contributed by atoms with Crippen LogP contribution in [0.4, 0.5) is 0 Å². The molecule has 1 fully saturated rings. The Hall–Kier alpha value is -2.01. The van der Waals surface area contributed by atoms with E-state index < -0.39 is 0 Å². The molecule has 5 nitrogen and oxygen atoms in total. The molecule has 2 heterocycles. The number of ether oxygens (including phenoxy) is 1. The summed E-state index contributed by atoms with van der Waals surface area (Å²) in [6.45, 7) is 6.40. The number of amides is 1. The molecule has 23 heavy (non-hydrogen) atoms. The van der Waals surface area contributed by atoms with E-state index in [0.717, 1.165) is 16.5 Å². The standard InChI is InChI=1S/C18H23NO4/c1-10-7-14-12(3)16(23-17(14)15(8-10)22-4)18(21)19-6-5-13(20)9-11(19)2/h7-8,11,13,20H,5-6,9H2,1-4H3/t11-,13-/m0/s1. The van der Waals surface area contributed by atoms with Gasteiger partial charge >= 0.3 is 0 Å². The zero-order chi connectivity index (χ0) is 16.7. The lowest BCUT2D eigenvalue weighted by Gasteiger charge is -2.35. The number of furan rings is 1. The molecule has 1 aromatic carbocycles. The number of fused-ring (bicyclic) bond motifs is 1. The topological polar surface area (TPSA) is 62.9 Å². The number of likely N-dealkylation sites (tertiary alicyclic amines) is 1. The van der Waals surface area contributed by atoms with E-state index in [0.29, 0.717) is 36.5 Å². The SMILES string of the molecule is COc1cc(C)cc2c(C)c(C(=O)N3CC[C@H](O)C[C@@H]3C)oc12. The Kier molecular flexibility index (Phi) is 4.06. The van der Waals surface area contributed by atoms with E-state index in [1.807, 2.05) is 32.9 Å². The van der Waals surface area contributed by atoms with Gasteiger partial charge in [-0.1, -0.05) is 0 Å². The third kappa shape index (κ3) is 2.70. The monoisotopic (exact) mass is 317 g/mol. The molecular weight excluding hydrogens is 294 g/mol. The van der Waals surface area contributed by atoms with E-state index >= 15 is 0 Å². The van der Waals surface area contributed by atoms with Crippen LogP contribution >= 0.6 is 0 Å². The Morgan fingerprint density at radius 2 is 2.13 bits per heavy atom. The van der Waals surface area contributed by atoms with Crippen LogP contribution in [0.1, 0.15) is 41.4 Å². The van der Waals surface area contributed by atoms with Crippen molar-refractivity contribution < 1.29 is 19.1 Å². The molecule has 1 N–H and O–H groups in total. The number of carbonyl (C=O) groups excluding carboxylic acids is 1. The zero-order valence-corrected chi connectivity index (χ0v) is 14.0. The minimum atomic E-state index is -0.325. The molecule has 0 radical (unpaired) electrons. The van der Waals surface area contributed by atoms with Crippen LogP contribution in [0.15, 0.2) is 16.5 Å². The van der Waals surface area contributed by atoms with Crippen LogP contribution in [0.3, 0.4) is 0 Å². The van der Waals surface area contributed by atoms with Gasteiger partial charge in [-0.25, -0.2) is 0 Å². The van der Waals surface area contributed by atoms with Crippen molar-refractivity contribution >= 4 is 16.9 Å². The van der Waals surface area contributed by atoms with Crippen LogP contribution in [0.2, 0.25) is 0 Å². The average molecular weight is 317 g/mol. The van der Waals surface area contributed by atoms with Gasteiger partial charge in [0, 0.05) is 23.5 Å². The second-order valence-electron chi connectivity index (χ2n) is 6.43. The molecule has 1 aliphatic rings. The fourth-order valence-electron chi connectivity index (χ4n) is 3.36. The number of benzene rings is 1. The number of aliphatic hydroxyl groups excluding tert-OH is 1. The van der Waals surface area contributed by atoms with Crippen LogP contribution in [0, 0.1) is 13.8 Å². The number of hydrogen-bond acceptors (Lipinski definition) is 4. The zero-order valence-electron chi connectivity index (χ0n) is 14.0. The van der Waals surface area contributed by atoms with Crippen molar-refractivity contribution in [1.29, 1.82) is 0 Å². The summed E-state index contributed by atoms with van der Waals surface area (Å²) in [5, 5.41) is 10.7. The predicted molar refractivity (Wildman–Crippen MR) is 88.0 cm³/mol. The fraction of sp³-hybridized carbons (Fsp3) is 0.500. The summed E-state index contributed by atoms with van der Waals surface area (Å²) in [4.78, 5) is 14.7. The Balaban J connectivity index is 2.03. The van der Waals surface area contributed by atoms with E-state index in [-0.39, 0.29) is 18.1 Å². The van der Waals surface area contributed by atoms with Crippen molar-refractivity contribution in [2.24, 2.45) is 0 Å². The van der Waals surface area contributed by atoms with Crippen molar-refractivity contribution in [3.63, 3.8) is 0 Å². The molecule has 1 aromatic heterocycles. The van der Waals surface area contributed by atoms with Gasteiger partial charge in [0.1, 0.15) is 0 Å². The Morgan fingerprint density at radius 1 is 1.39 bits per heavy atom. The second kappa shape index (κ2) is 5.89. The van der Waals surface area contributed by atoms with Gasteiger partial charge in [-0.05, 0) is 51.3 Å². The minimum Gasteiger partial charge on any atom is -0.493 e. The maximum absolute atomic E-state index is 12.9. The van der Waals surface area contributed by atoms with Crippen molar-refractivity contribution in [2.75, 3.05) is 13.7 Å². The normalized spacial score (nSPS) is 21.7. The second-order valence-corrected chi connectivity index (χ2v) is 6.43. The Morgan fingerprint density at radius 3 is 2.78 bits per heavy atom. The predicted octanol–water partition coefficient (Wildman–Crippen LogP) is 3.04. The molecule has 0 saturated carbocycles. The van der Waals surface area contributed by atoms with E-state index in [2.05, 4.69) is 0 Å². The van der Waals surface area contributed by atoms with Gasteiger partial charge < -0.3 is 19.2 Å². The first-order valence-corrected chi connectivity index (χ1v) is 7.99. The molecule has 0 aliphatic carbocycles. The summed E-state index contributed by atoms with van der Waals surface area (Å²) in [7, 11) is 1.60. The first-order chi connectivity index (χ1) is 10.9. The molecule has 2 aromatic rings. The van der Waals surface area contributed by atoms with Gasteiger partial charge in [-0.3, -0.25) is 4.79 Å². The van der Waals surface area contributed by atoms with Gasteiger partial charge in [-0.2, -0.15) is 0 Å². The van der Waals surface area contributed by atoms with Crippen LogP contribution in [0.25, 0.3) is 11.0 Å². The lowest BCUT2D eigenvalue weighted by Crippen LogP contribution is -2.46. The summed E-state index contributed by atoms with van der Waals surface area (Å²) < 4.78 is 11.3. The number of carbonyl (C=O) groups is 1. The molecule has 0 bridgehead atoms. The molecular formula is C18H23NO4. The van der Waals surface area contributed by atoms with E-state index in [1.54, 1.807) is 12.0 Å².